The molecular formula is C15H31N3. The molecule has 0 aromatic heterocycles. The molecule has 1 unspecified atom stereocenters. The molecule has 2 N–H and O–H groups in total. The molecule has 1 saturated heterocycles. The molecule has 0 aromatic rings. The summed E-state index contributed by atoms with van der Waals surface area (Å²) in [4.78, 5) is 5.10. The highest BCUT2D eigenvalue weighted by Crippen LogP contribution is 2.30. The van der Waals surface area contributed by atoms with E-state index in [1.165, 1.54) is 58.2 Å². The van der Waals surface area contributed by atoms with Crippen LogP contribution < -0.4 is 5.73 Å². The number of nitrogens with zero attached hydrogens (tertiary/aromatic N) is 2. The lowest BCUT2D eigenvalue weighted by atomic mass is 9.82. The fraction of sp³-hybridized carbons (Fsp3) is 1.00. The summed E-state index contributed by atoms with van der Waals surface area (Å²) in [6.45, 7) is 4.81. The Kier molecular flexibility index (Phi) is 5.46. The number of hydrogen-bond donors (Lipinski definition) is 1. The van der Waals surface area contributed by atoms with Crippen LogP contribution in [0.25, 0.3) is 0 Å². The number of likely N-dealkylation sites (N-methyl/N-ethyl adjacent to an activating group) is 1. The summed E-state index contributed by atoms with van der Waals surface area (Å²) in [7, 11) is 4.39. The highest BCUT2D eigenvalue weighted by Gasteiger charge is 2.28. The Balaban J connectivity index is 1.75. The molecule has 18 heavy (non-hydrogen) atoms. The maximum Gasteiger partial charge on any atom is 0.0223 e. The Bertz CT molecular complexity index is 234. The summed E-state index contributed by atoms with van der Waals surface area (Å²) >= 11 is 0. The summed E-state index contributed by atoms with van der Waals surface area (Å²) in [5.74, 6) is 1.76. The highest BCUT2D eigenvalue weighted by atomic mass is 15.2. The lowest BCUT2D eigenvalue weighted by molar-refractivity contribution is 0.152. The predicted octanol–water partition coefficient (Wildman–Crippen LogP) is 1.78. The van der Waals surface area contributed by atoms with Crippen LogP contribution in [0.1, 0.15) is 38.5 Å². The predicted molar refractivity (Wildman–Crippen MR) is 77.7 cm³/mol. The molecule has 106 valence electrons. The van der Waals surface area contributed by atoms with E-state index >= 15 is 0 Å². The second-order valence-electron chi connectivity index (χ2n) is 6.68. The van der Waals surface area contributed by atoms with Crippen molar-refractivity contribution < 1.29 is 0 Å². The van der Waals surface area contributed by atoms with Crippen LogP contribution in [0.3, 0.4) is 0 Å². The van der Waals surface area contributed by atoms with Crippen molar-refractivity contribution in [3.05, 3.63) is 0 Å². The maximum atomic E-state index is 5.77. The standard InChI is InChI=1S/C15H31N3/c1-17(2)12-15-4-3-9-18(15)11-14-7-5-13(10-16)6-8-14/h13-15H,3-12,16H2,1-2H3. The first kappa shape index (κ1) is 14.3. The van der Waals surface area contributed by atoms with Crippen molar-refractivity contribution in [3.63, 3.8) is 0 Å². The Morgan fingerprint density at radius 2 is 1.72 bits per heavy atom. The molecule has 1 atom stereocenters. The smallest absolute Gasteiger partial charge is 0.0223 e. The van der Waals surface area contributed by atoms with Crippen molar-refractivity contribution >= 4 is 0 Å². The molecule has 1 aliphatic carbocycles. The summed E-state index contributed by atoms with van der Waals surface area (Å²) in [5, 5.41) is 0. The normalized spacial score (nSPS) is 34.3. The molecule has 2 rings (SSSR count). The van der Waals surface area contributed by atoms with Crippen molar-refractivity contribution in [3.8, 4) is 0 Å². The number of nitrogens with two attached hydrogens (primary N) is 1. The monoisotopic (exact) mass is 253 g/mol. The van der Waals surface area contributed by atoms with Crippen LogP contribution in [-0.4, -0.2) is 56.1 Å². The van der Waals surface area contributed by atoms with Gasteiger partial charge in [-0.15, -0.1) is 0 Å². The second kappa shape index (κ2) is 6.88. The molecule has 0 radical (unpaired) electrons. The van der Waals surface area contributed by atoms with Crippen molar-refractivity contribution in [2.24, 2.45) is 17.6 Å². The third-order valence-electron chi connectivity index (χ3n) is 4.87. The van der Waals surface area contributed by atoms with E-state index in [2.05, 4.69) is 23.9 Å². The highest BCUT2D eigenvalue weighted by molar-refractivity contribution is 4.84. The number of likely N-dealkylation sites (tertiary alicyclic amines) is 1. The minimum atomic E-state index is 0.812. The van der Waals surface area contributed by atoms with Crippen LogP contribution in [0, 0.1) is 11.8 Å². The van der Waals surface area contributed by atoms with Gasteiger partial charge in [0.1, 0.15) is 0 Å². The Hall–Kier alpha value is -0.120. The van der Waals surface area contributed by atoms with Gasteiger partial charge < -0.3 is 10.6 Å². The molecule has 3 heteroatoms. The van der Waals surface area contributed by atoms with Gasteiger partial charge in [-0.05, 0) is 77.5 Å². The zero-order valence-electron chi connectivity index (χ0n) is 12.3. The van der Waals surface area contributed by atoms with Gasteiger partial charge in [0.05, 0.1) is 0 Å². The molecule has 0 spiro atoms. The molecule has 3 nitrogen and oxygen atoms in total. The van der Waals surface area contributed by atoms with E-state index in [0.717, 1.165) is 24.4 Å². The van der Waals surface area contributed by atoms with Crippen LogP contribution in [0.15, 0.2) is 0 Å². The van der Waals surface area contributed by atoms with E-state index in [-0.39, 0.29) is 0 Å². The second-order valence-corrected chi connectivity index (χ2v) is 6.68. The lowest BCUT2D eigenvalue weighted by Crippen LogP contribution is -2.40. The van der Waals surface area contributed by atoms with Gasteiger partial charge in [0.25, 0.3) is 0 Å². The Morgan fingerprint density at radius 1 is 1.06 bits per heavy atom. The summed E-state index contributed by atoms with van der Waals surface area (Å²) in [6, 6.07) is 0.812. The fourth-order valence-electron chi connectivity index (χ4n) is 3.75. The average Bonchev–Trinajstić information content (AvgIpc) is 2.77. The molecule has 2 aliphatic rings. The van der Waals surface area contributed by atoms with Gasteiger partial charge in [-0.2, -0.15) is 0 Å². The van der Waals surface area contributed by atoms with E-state index in [1.54, 1.807) is 0 Å². The minimum Gasteiger partial charge on any atom is -0.330 e. The van der Waals surface area contributed by atoms with Crippen LogP contribution in [0.2, 0.25) is 0 Å². The quantitative estimate of drug-likeness (QED) is 0.810. The topological polar surface area (TPSA) is 32.5 Å². The van der Waals surface area contributed by atoms with Gasteiger partial charge in [0.2, 0.25) is 0 Å². The van der Waals surface area contributed by atoms with Crippen molar-refractivity contribution in [2.45, 2.75) is 44.6 Å². The first-order valence-electron chi connectivity index (χ1n) is 7.78. The van der Waals surface area contributed by atoms with Crippen LogP contribution in [-0.2, 0) is 0 Å². The van der Waals surface area contributed by atoms with Gasteiger partial charge >= 0.3 is 0 Å². The van der Waals surface area contributed by atoms with E-state index in [4.69, 9.17) is 5.73 Å². The van der Waals surface area contributed by atoms with Gasteiger partial charge in [0, 0.05) is 19.1 Å². The molecule has 0 amide bonds. The zero-order chi connectivity index (χ0) is 13.0. The molecular weight excluding hydrogens is 222 g/mol. The molecule has 0 bridgehead atoms. The van der Waals surface area contributed by atoms with E-state index in [9.17, 15) is 0 Å². The molecule has 2 fully saturated rings. The molecule has 1 saturated carbocycles. The molecule has 1 heterocycles. The number of hydrogen-bond acceptors (Lipinski definition) is 3. The van der Waals surface area contributed by atoms with E-state index in [0.29, 0.717) is 0 Å². The van der Waals surface area contributed by atoms with Crippen molar-refractivity contribution in [1.82, 2.24) is 9.80 Å². The van der Waals surface area contributed by atoms with Crippen LogP contribution in [0.5, 0.6) is 0 Å². The van der Waals surface area contributed by atoms with Crippen LogP contribution >= 0.6 is 0 Å². The average molecular weight is 253 g/mol. The van der Waals surface area contributed by atoms with E-state index in [1.807, 2.05) is 0 Å². The van der Waals surface area contributed by atoms with E-state index < -0.39 is 0 Å². The lowest BCUT2D eigenvalue weighted by Gasteiger charge is -2.34. The van der Waals surface area contributed by atoms with Crippen molar-refractivity contribution in [1.29, 1.82) is 0 Å². The van der Waals surface area contributed by atoms with Crippen molar-refractivity contribution in [2.75, 3.05) is 40.3 Å². The Labute approximate surface area is 113 Å². The summed E-state index contributed by atoms with van der Waals surface area (Å²) < 4.78 is 0. The summed E-state index contributed by atoms with van der Waals surface area (Å²) in [6.07, 6.45) is 8.35. The maximum absolute atomic E-state index is 5.77. The molecule has 0 aromatic carbocycles. The first-order valence-corrected chi connectivity index (χ1v) is 7.78. The van der Waals surface area contributed by atoms with Gasteiger partial charge in [-0.25, -0.2) is 0 Å². The largest absolute Gasteiger partial charge is 0.330 e. The third kappa shape index (κ3) is 3.94. The SMILES string of the molecule is CN(C)CC1CCCN1CC1CCC(CN)CC1. The van der Waals surface area contributed by atoms with Crippen LogP contribution in [0.4, 0.5) is 0 Å². The minimum absolute atomic E-state index is 0.812. The summed E-state index contributed by atoms with van der Waals surface area (Å²) in [5.41, 5.74) is 5.77. The third-order valence-corrected chi connectivity index (χ3v) is 4.87. The van der Waals surface area contributed by atoms with Gasteiger partial charge in [-0.3, -0.25) is 4.90 Å². The van der Waals surface area contributed by atoms with Gasteiger partial charge in [-0.1, -0.05) is 0 Å². The Morgan fingerprint density at radius 3 is 2.33 bits per heavy atom. The molecule has 1 aliphatic heterocycles. The fourth-order valence-corrected chi connectivity index (χ4v) is 3.75. The zero-order valence-corrected chi connectivity index (χ0v) is 12.3. The first-order chi connectivity index (χ1) is 8.69. The number of rotatable bonds is 5. The van der Waals surface area contributed by atoms with Gasteiger partial charge in [0.15, 0.2) is 0 Å².